The van der Waals surface area contributed by atoms with Gasteiger partial charge in [-0.25, -0.2) is 4.98 Å². The zero-order chi connectivity index (χ0) is 24.0. The van der Waals surface area contributed by atoms with Gasteiger partial charge in [-0.3, -0.25) is 14.6 Å². The highest BCUT2D eigenvalue weighted by Gasteiger charge is 2.32. The van der Waals surface area contributed by atoms with Gasteiger partial charge in [-0.2, -0.15) is 0 Å². The lowest BCUT2D eigenvalue weighted by Crippen LogP contribution is -2.47. The van der Waals surface area contributed by atoms with Crippen LogP contribution in [0.1, 0.15) is 60.7 Å². The number of carbonyl (C=O) groups excluding carboxylic acids is 2. The summed E-state index contributed by atoms with van der Waals surface area (Å²) in [6, 6.07) is 7.39. The Hall–Kier alpha value is -3.66. The molecule has 0 aromatic carbocycles. The maximum atomic E-state index is 12.9. The van der Waals surface area contributed by atoms with Crippen molar-refractivity contribution >= 4 is 17.6 Å². The predicted molar refractivity (Wildman–Crippen MR) is 124 cm³/mol. The molecule has 0 unspecified atom stereocenters. The van der Waals surface area contributed by atoms with Gasteiger partial charge < -0.3 is 19.9 Å². The molecule has 0 radical (unpaired) electrons. The minimum Gasteiger partial charge on any atom is -0.381 e. The first-order valence-corrected chi connectivity index (χ1v) is 11.4. The number of anilines is 1. The highest BCUT2D eigenvalue weighted by atomic mass is 16.3. The summed E-state index contributed by atoms with van der Waals surface area (Å²) in [6.45, 7) is 5.92. The molecule has 5 heterocycles. The van der Waals surface area contributed by atoms with Crippen LogP contribution >= 0.6 is 0 Å². The Morgan fingerprint density at radius 1 is 1.18 bits per heavy atom. The highest BCUT2D eigenvalue weighted by Crippen LogP contribution is 2.30. The second-order valence-corrected chi connectivity index (χ2v) is 9.43. The number of amides is 2. The highest BCUT2D eigenvalue weighted by molar-refractivity contribution is 6.02. The van der Waals surface area contributed by atoms with Gasteiger partial charge >= 0.3 is 0 Å². The zero-order valence-corrected chi connectivity index (χ0v) is 19.4. The Kier molecular flexibility index (Phi) is 5.40. The van der Waals surface area contributed by atoms with Crippen LogP contribution in [0, 0.1) is 0 Å². The molecule has 0 saturated carbocycles. The minimum atomic E-state index is -1.44. The van der Waals surface area contributed by atoms with E-state index in [9.17, 15) is 14.7 Å². The van der Waals surface area contributed by atoms with Gasteiger partial charge in [-0.15, -0.1) is 10.2 Å². The van der Waals surface area contributed by atoms with E-state index in [4.69, 9.17) is 0 Å². The second-order valence-electron chi connectivity index (χ2n) is 9.43. The van der Waals surface area contributed by atoms with E-state index in [1.807, 2.05) is 12.1 Å². The molecule has 3 aromatic rings. The largest absolute Gasteiger partial charge is 0.381 e. The predicted octanol–water partition coefficient (Wildman–Crippen LogP) is 2.15. The van der Waals surface area contributed by atoms with Gasteiger partial charge in [0.25, 0.3) is 11.8 Å². The van der Waals surface area contributed by atoms with Crippen molar-refractivity contribution in [1.29, 1.82) is 0 Å². The second kappa shape index (κ2) is 8.28. The molecule has 2 aliphatic heterocycles. The van der Waals surface area contributed by atoms with Crippen LogP contribution in [-0.4, -0.2) is 58.7 Å². The van der Waals surface area contributed by atoms with Crippen LogP contribution in [-0.2, 0) is 24.2 Å². The van der Waals surface area contributed by atoms with Crippen LogP contribution in [0.5, 0.6) is 0 Å². The summed E-state index contributed by atoms with van der Waals surface area (Å²) in [5, 5.41) is 21.4. The fourth-order valence-electron chi connectivity index (χ4n) is 4.53. The molecule has 0 fully saturated rings. The number of hydrogen-bond donors (Lipinski definition) is 2. The summed E-state index contributed by atoms with van der Waals surface area (Å²) in [7, 11) is 0. The molecule has 10 nitrogen and oxygen atoms in total. The Balaban J connectivity index is 1.34. The summed E-state index contributed by atoms with van der Waals surface area (Å²) in [4.78, 5) is 35.9. The van der Waals surface area contributed by atoms with Crippen molar-refractivity contribution in [2.75, 3.05) is 11.9 Å². The van der Waals surface area contributed by atoms with E-state index >= 15 is 0 Å². The van der Waals surface area contributed by atoms with Crippen LogP contribution in [0.2, 0.25) is 0 Å². The molecule has 3 aromatic heterocycles. The number of aliphatic hydroxyl groups is 1. The van der Waals surface area contributed by atoms with Gasteiger partial charge in [-0.1, -0.05) is 6.07 Å². The van der Waals surface area contributed by atoms with Gasteiger partial charge in [0.1, 0.15) is 28.6 Å². The lowest BCUT2D eigenvalue weighted by Gasteiger charge is -2.32. The van der Waals surface area contributed by atoms with Gasteiger partial charge in [0.15, 0.2) is 5.82 Å². The fourth-order valence-corrected chi connectivity index (χ4v) is 4.53. The quantitative estimate of drug-likeness (QED) is 0.610. The van der Waals surface area contributed by atoms with E-state index in [0.29, 0.717) is 42.9 Å². The maximum Gasteiger partial charge on any atom is 0.275 e. The first-order valence-electron chi connectivity index (χ1n) is 11.4. The number of pyridine rings is 2. The molecule has 5 rings (SSSR count). The van der Waals surface area contributed by atoms with E-state index in [1.54, 1.807) is 23.2 Å². The Labute approximate surface area is 197 Å². The molecule has 10 heteroatoms. The van der Waals surface area contributed by atoms with Crippen molar-refractivity contribution in [3.63, 3.8) is 0 Å². The normalized spacial score (nSPS) is 17.3. The molecule has 2 aliphatic rings. The smallest absolute Gasteiger partial charge is 0.275 e. The number of aryl methyl sites for hydroxylation is 1. The minimum absolute atomic E-state index is 0.237. The van der Waals surface area contributed by atoms with Gasteiger partial charge in [0.05, 0.1) is 0 Å². The van der Waals surface area contributed by atoms with Crippen molar-refractivity contribution < 1.29 is 14.7 Å². The van der Waals surface area contributed by atoms with Crippen molar-refractivity contribution in [2.45, 2.75) is 58.2 Å². The molecule has 176 valence electrons. The summed E-state index contributed by atoms with van der Waals surface area (Å²) in [6.07, 6.45) is 4.22. The Morgan fingerprint density at radius 3 is 2.79 bits per heavy atom. The Bertz CT molecular complexity index is 1280. The first-order chi connectivity index (χ1) is 16.2. The van der Waals surface area contributed by atoms with Gasteiger partial charge in [0, 0.05) is 31.7 Å². The molecule has 1 atom stereocenters. The number of hydrogen-bond acceptors (Lipinski definition) is 7. The number of aromatic nitrogens is 5. The molecule has 0 aliphatic carbocycles. The van der Waals surface area contributed by atoms with Crippen molar-refractivity contribution in [3.8, 4) is 11.5 Å². The lowest BCUT2D eigenvalue weighted by molar-refractivity contribution is -0.148. The fraction of sp³-hybridized carbons (Fsp3) is 0.417. The van der Waals surface area contributed by atoms with E-state index < -0.39 is 11.5 Å². The lowest BCUT2D eigenvalue weighted by atomic mass is 9.99. The number of carbonyl (C=O) groups is 2. The van der Waals surface area contributed by atoms with Crippen LogP contribution in [0.15, 0.2) is 30.5 Å². The van der Waals surface area contributed by atoms with Crippen LogP contribution < -0.4 is 5.32 Å². The molecule has 2 amide bonds. The van der Waals surface area contributed by atoms with Crippen LogP contribution in [0.25, 0.3) is 11.5 Å². The molecule has 0 saturated heterocycles. The molecule has 0 spiro atoms. The third-order valence-electron chi connectivity index (χ3n) is 6.35. The maximum absolute atomic E-state index is 12.9. The third kappa shape index (κ3) is 4.05. The van der Waals surface area contributed by atoms with E-state index in [-0.39, 0.29) is 11.6 Å². The summed E-state index contributed by atoms with van der Waals surface area (Å²) in [5.41, 5.74) is 1.28. The van der Waals surface area contributed by atoms with Crippen molar-refractivity contribution in [1.82, 2.24) is 29.6 Å². The SMILES string of the molecule is C[C@H]1CCc2nnc(-c3cccc(NC(=O)c4cc5c(cn4)CCN(C(=O)C(C)(C)O)C5)n3)n21. The van der Waals surface area contributed by atoms with E-state index in [1.165, 1.54) is 13.8 Å². The summed E-state index contributed by atoms with van der Waals surface area (Å²) in [5.74, 6) is 1.31. The van der Waals surface area contributed by atoms with E-state index in [2.05, 4.69) is 37.0 Å². The van der Waals surface area contributed by atoms with Gasteiger partial charge in [0.2, 0.25) is 0 Å². The molecular weight excluding hydrogens is 434 g/mol. The third-order valence-corrected chi connectivity index (χ3v) is 6.35. The first kappa shape index (κ1) is 22.1. The zero-order valence-electron chi connectivity index (χ0n) is 19.4. The average Bonchev–Trinajstić information content (AvgIpc) is 3.40. The molecule has 0 bridgehead atoms. The van der Waals surface area contributed by atoms with Crippen LogP contribution in [0.3, 0.4) is 0 Å². The standard InChI is InChI=1S/C24H27N7O3/c1-14-7-8-20-28-29-21(31(14)20)17-5-4-6-19(26-17)27-22(32)18-11-16-13-30(23(33)24(2,3)34)10-9-15(16)12-25-18/h4-6,11-12,14,34H,7-10,13H2,1-3H3,(H,26,27,32)/t14-/m0/s1. The number of nitrogens with zero attached hydrogens (tertiary/aromatic N) is 6. The summed E-state index contributed by atoms with van der Waals surface area (Å²) >= 11 is 0. The van der Waals surface area contributed by atoms with Crippen molar-refractivity contribution in [2.24, 2.45) is 0 Å². The number of rotatable bonds is 4. The van der Waals surface area contributed by atoms with E-state index in [0.717, 1.165) is 29.8 Å². The number of nitrogens with one attached hydrogen (secondary N) is 1. The topological polar surface area (TPSA) is 126 Å². The van der Waals surface area contributed by atoms with Crippen LogP contribution in [0.4, 0.5) is 5.82 Å². The Morgan fingerprint density at radius 2 is 2.00 bits per heavy atom. The molecular formula is C24H27N7O3. The summed E-state index contributed by atoms with van der Waals surface area (Å²) < 4.78 is 2.10. The average molecular weight is 462 g/mol. The molecule has 2 N–H and O–H groups in total. The van der Waals surface area contributed by atoms with Gasteiger partial charge in [-0.05, 0) is 62.9 Å². The number of fused-ring (bicyclic) bond motifs is 2. The monoisotopic (exact) mass is 461 g/mol. The molecule has 34 heavy (non-hydrogen) atoms. The van der Waals surface area contributed by atoms with Crippen molar-refractivity contribution in [3.05, 3.63) is 53.1 Å².